The van der Waals surface area contributed by atoms with Crippen molar-refractivity contribution < 1.29 is 4.79 Å². The van der Waals surface area contributed by atoms with Gasteiger partial charge in [0.2, 0.25) is 5.91 Å². The van der Waals surface area contributed by atoms with E-state index in [2.05, 4.69) is 11.8 Å². The molecule has 0 aromatic heterocycles. The number of benzene rings is 1. The highest BCUT2D eigenvalue weighted by Gasteiger charge is 2.20. The summed E-state index contributed by atoms with van der Waals surface area (Å²) in [4.78, 5) is 14.1. The van der Waals surface area contributed by atoms with E-state index in [-0.39, 0.29) is 11.8 Å². The van der Waals surface area contributed by atoms with Crippen molar-refractivity contribution in [1.82, 2.24) is 4.90 Å². The zero-order valence-corrected chi connectivity index (χ0v) is 10.9. The Morgan fingerprint density at radius 3 is 2.50 bits per heavy atom. The highest BCUT2D eigenvalue weighted by atomic mass is 16.2. The minimum atomic E-state index is -0.205. The molecule has 0 radical (unpaired) electrons. The molecule has 1 aliphatic rings. The summed E-state index contributed by atoms with van der Waals surface area (Å²) in [5, 5.41) is 0. The van der Waals surface area contributed by atoms with Crippen LogP contribution in [0.5, 0.6) is 0 Å². The summed E-state index contributed by atoms with van der Waals surface area (Å²) in [6, 6.07) is 9.81. The third kappa shape index (κ3) is 3.37. The predicted molar refractivity (Wildman–Crippen MR) is 72.9 cm³/mol. The van der Waals surface area contributed by atoms with Crippen LogP contribution in [-0.2, 0) is 4.79 Å². The van der Waals surface area contributed by atoms with Gasteiger partial charge in [0, 0.05) is 18.7 Å². The van der Waals surface area contributed by atoms with Crippen molar-refractivity contribution in [3.05, 3.63) is 35.9 Å². The summed E-state index contributed by atoms with van der Waals surface area (Å²) in [6.45, 7) is 3.69. The fraction of sp³-hybridized carbons (Fsp3) is 0.438. The van der Waals surface area contributed by atoms with Crippen LogP contribution in [0.2, 0.25) is 0 Å². The topological polar surface area (TPSA) is 20.3 Å². The first-order chi connectivity index (χ1) is 8.77. The molecule has 1 aliphatic heterocycles. The second-order valence-corrected chi connectivity index (χ2v) is 4.74. The SMILES string of the molecule is CC(C#Cc1ccccc1)C(=O)N1CCCCC1. The molecule has 2 rings (SSSR count). The van der Waals surface area contributed by atoms with Crippen LogP contribution in [0.15, 0.2) is 30.3 Å². The Morgan fingerprint density at radius 2 is 1.83 bits per heavy atom. The molecule has 0 bridgehead atoms. The van der Waals surface area contributed by atoms with Gasteiger partial charge in [0.1, 0.15) is 0 Å². The lowest BCUT2D eigenvalue weighted by molar-refractivity contribution is -0.134. The van der Waals surface area contributed by atoms with E-state index in [0.717, 1.165) is 31.5 Å². The Morgan fingerprint density at radius 1 is 1.17 bits per heavy atom. The third-order valence-electron chi connectivity index (χ3n) is 3.24. The smallest absolute Gasteiger partial charge is 0.237 e. The van der Waals surface area contributed by atoms with E-state index < -0.39 is 0 Å². The Balaban J connectivity index is 1.97. The van der Waals surface area contributed by atoms with Gasteiger partial charge < -0.3 is 4.90 Å². The van der Waals surface area contributed by atoms with Crippen molar-refractivity contribution >= 4 is 5.91 Å². The zero-order chi connectivity index (χ0) is 12.8. The molecule has 1 heterocycles. The van der Waals surface area contributed by atoms with Crippen molar-refractivity contribution in [2.45, 2.75) is 26.2 Å². The molecule has 1 aromatic carbocycles. The van der Waals surface area contributed by atoms with Gasteiger partial charge >= 0.3 is 0 Å². The Hall–Kier alpha value is -1.75. The minimum Gasteiger partial charge on any atom is -0.342 e. The quantitative estimate of drug-likeness (QED) is 0.692. The first kappa shape index (κ1) is 12.7. The van der Waals surface area contributed by atoms with E-state index in [1.165, 1.54) is 6.42 Å². The van der Waals surface area contributed by atoms with Gasteiger partial charge in [-0.15, -0.1) is 0 Å². The van der Waals surface area contributed by atoms with Crippen LogP contribution < -0.4 is 0 Å². The summed E-state index contributed by atoms with van der Waals surface area (Å²) in [5.74, 6) is 6.10. The molecule has 0 saturated carbocycles. The molecule has 1 amide bonds. The molecule has 18 heavy (non-hydrogen) atoms. The van der Waals surface area contributed by atoms with E-state index in [1.54, 1.807) is 0 Å². The predicted octanol–water partition coefficient (Wildman–Crippen LogP) is 2.69. The summed E-state index contributed by atoms with van der Waals surface area (Å²) in [7, 11) is 0. The van der Waals surface area contributed by atoms with E-state index in [0.29, 0.717) is 0 Å². The molecule has 1 aromatic rings. The summed E-state index contributed by atoms with van der Waals surface area (Å²) >= 11 is 0. The van der Waals surface area contributed by atoms with Gasteiger partial charge in [-0.3, -0.25) is 4.79 Å². The van der Waals surface area contributed by atoms with Crippen molar-refractivity contribution in [3.63, 3.8) is 0 Å². The highest BCUT2D eigenvalue weighted by Crippen LogP contribution is 2.12. The normalized spacial score (nSPS) is 16.6. The number of rotatable bonds is 1. The molecule has 1 atom stereocenters. The number of carbonyl (C=O) groups excluding carboxylic acids is 1. The second-order valence-electron chi connectivity index (χ2n) is 4.74. The van der Waals surface area contributed by atoms with Crippen LogP contribution in [0.4, 0.5) is 0 Å². The number of hydrogen-bond donors (Lipinski definition) is 0. The molecule has 2 heteroatoms. The first-order valence-corrected chi connectivity index (χ1v) is 6.63. The maximum atomic E-state index is 12.1. The number of nitrogens with zero attached hydrogens (tertiary/aromatic N) is 1. The van der Waals surface area contributed by atoms with Crippen molar-refractivity contribution in [3.8, 4) is 11.8 Å². The molecule has 1 saturated heterocycles. The van der Waals surface area contributed by atoms with Gasteiger partial charge in [-0.2, -0.15) is 0 Å². The number of carbonyl (C=O) groups is 1. The summed E-state index contributed by atoms with van der Waals surface area (Å²) < 4.78 is 0. The standard InChI is InChI=1S/C16H19NO/c1-14(10-11-15-8-4-2-5-9-15)16(18)17-12-6-3-7-13-17/h2,4-5,8-9,14H,3,6-7,12-13H2,1H3. The average Bonchev–Trinajstić information content (AvgIpc) is 2.46. The zero-order valence-electron chi connectivity index (χ0n) is 10.9. The van der Waals surface area contributed by atoms with Crippen LogP contribution in [0, 0.1) is 17.8 Å². The highest BCUT2D eigenvalue weighted by molar-refractivity contribution is 5.81. The van der Waals surface area contributed by atoms with Crippen LogP contribution in [0.1, 0.15) is 31.7 Å². The average molecular weight is 241 g/mol. The molecule has 0 aliphatic carbocycles. The van der Waals surface area contributed by atoms with Crippen LogP contribution in [0.25, 0.3) is 0 Å². The van der Waals surface area contributed by atoms with Crippen molar-refractivity contribution in [2.24, 2.45) is 5.92 Å². The molecule has 0 N–H and O–H groups in total. The monoisotopic (exact) mass is 241 g/mol. The van der Waals surface area contributed by atoms with Crippen LogP contribution in [0.3, 0.4) is 0 Å². The largest absolute Gasteiger partial charge is 0.342 e. The summed E-state index contributed by atoms with van der Waals surface area (Å²) in [5.41, 5.74) is 0.968. The van der Waals surface area contributed by atoms with Gasteiger partial charge in [0.15, 0.2) is 0 Å². The number of amides is 1. The van der Waals surface area contributed by atoms with E-state index in [1.807, 2.05) is 42.2 Å². The van der Waals surface area contributed by atoms with Gasteiger partial charge in [-0.25, -0.2) is 0 Å². The molecule has 1 fully saturated rings. The molecular weight excluding hydrogens is 222 g/mol. The van der Waals surface area contributed by atoms with E-state index >= 15 is 0 Å². The van der Waals surface area contributed by atoms with Gasteiger partial charge in [0.25, 0.3) is 0 Å². The number of piperidine rings is 1. The second kappa shape index (κ2) is 6.26. The maximum Gasteiger partial charge on any atom is 0.237 e. The first-order valence-electron chi connectivity index (χ1n) is 6.63. The molecular formula is C16H19NO. The van der Waals surface area contributed by atoms with Crippen LogP contribution in [-0.4, -0.2) is 23.9 Å². The Bertz CT molecular complexity index is 449. The maximum absolute atomic E-state index is 12.1. The number of likely N-dealkylation sites (tertiary alicyclic amines) is 1. The minimum absolute atomic E-state index is 0.179. The van der Waals surface area contributed by atoms with E-state index in [9.17, 15) is 4.79 Å². The van der Waals surface area contributed by atoms with Gasteiger partial charge in [-0.05, 0) is 38.3 Å². The lowest BCUT2D eigenvalue weighted by Crippen LogP contribution is -2.38. The third-order valence-corrected chi connectivity index (χ3v) is 3.24. The van der Waals surface area contributed by atoms with Crippen molar-refractivity contribution in [2.75, 3.05) is 13.1 Å². The lowest BCUT2D eigenvalue weighted by atomic mass is 10.1. The molecule has 2 nitrogen and oxygen atoms in total. The van der Waals surface area contributed by atoms with Crippen molar-refractivity contribution in [1.29, 1.82) is 0 Å². The number of hydrogen-bond acceptors (Lipinski definition) is 1. The van der Waals surface area contributed by atoms with Crippen LogP contribution >= 0.6 is 0 Å². The molecule has 94 valence electrons. The molecule has 0 spiro atoms. The fourth-order valence-electron chi connectivity index (χ4n) is 2.16. The van der Waals surface area contributed by atoms with E-state index in [4.69, 9.17) is 0 Å². The fourth-order valence-corrected chi connectivity index (χ4v) is 2.16. The summed E-state index contributed by atoms with van der Waals surface area (Å²) in [6.07, 6.45) is 3.50. The van der Waals surface area contributed by atoms with Gasteiger partial charge in [-0.1, -0.05) is 30.0 Å². The lowest BCUT2D eigenvalue weighted by Gasteiger charge is -2.27. The van der Waals surface area contributed by atoms with Gasteiger partial charge in [0.05, 0.1) is 5.92 Å². The molecule has 1 unspecified atom stereocenters. The Kier molecular flexibility index (Phi) is 4.41. The Labute approximate surface area is 109 Å².